The third kappa shape index (κ3) is 5.69. The van der Waals surface area contributed by atoms with Gasteiger partial charge in [0.1, 0.15) is 30.2 Å². The van der Waals surface area contributed by atoms with E-state index in [0.29, 0.717) is 30.7 Å². The molecule has 6 heteroatoms. The average molecular weight is 364 g/mol. The molecular weight excluding hydrogens is 340 g/mol. The number of nitrogen functional groups attached to an aromatic ring is 1. The number of anilines is 2. The fraction of sp³-hybridized carbons (Fsp3) is 0.238. The van der Waals surface area contributed by atoms with E-state index in [2.05, 4.69) is 15.3 Å². The van der Waals surface area contributed by atoms with E-state index in [4.69, 9.17) is 15.2 Å². The van der Waals surface area contributed by atoms with Crippen molar-refractivity contribution in [2.24, 2.45) is 0 Å². The first-order valence-corrected chi connectivity index (χ1v) is 9.00. The minimum Gasteiger partial charge on any atom is -0.491 e. The van der Waals surface area contributed by atoms with Crippen molar-refractivity contribution in [3.05, 3.63) is 66.7 Å². The summed E-state index contributed by atoms with van der Waals surface area (Å²) in [6.45, 7) is 2.98. The molecule has 27 heavy (non-hydrogen) atoms. The summed E-state index contributed by atoms with van der Waals surface area (Å²) < 4.78 is 11.5. The Bertz CT molecular complexity index is 828. The van der Waals surface area contributed by atoms with Gasteiger partial charge in [0, 0.05) is 11.6 Å². The van der Waals surface area contributed by atoms with Crippen LogP contribution in [-0.4, -0.2) is 29.4 Å². The Labute approximate surface area is 159 Å². The van der Waals surface area contributed by atoms with E-state index < -0.39 is 0 Å². The zero-order valence-corrected chi connectivity index (χ0v) is 15.3. The number of benzene rings is 2. The summed E-state index contributed by atoms with van der Waals surface area (Å²) in [5.74, 6) is 2.46. The van der Waals surface area contributed by atoms with Crippen LogP contribution < -0.4 is 15.8 Å². The summed E-state index contributed by atoms with van der Waals surface area (Å²) in [6.07, 6.45) is 0.581. The third-order valence-electron chi connectivity index (χ3n) is 3.87. The van der Waals surface area contributed by atoms with Gasteiger partial charge in [0.2, 0.25) is 0 Å². The van der Waals surface area contributed by atoms with Crippen molar-refractivity contribution in [2.45, 2.75) is 19.6 Å². The van der Waals surface area contributed by atoms with Gasteiger partial charge in [-0.25, -0.2) is 9.97 Å². The van der Waals surface area contributed by atoms with Gasteiger partial charge in [0.05, 0.1) is 6.61 Å². The molecule has 0 fully saturated rings. The van der Waals surface area contributed by atoms with Gasteiger partial charge in [0.15, 0.2) is 5.82 Å². The maximum atomic E-state index is 5.95. The van der Waals surface area contributed by atoms with Crippen LogP contribution in [-0.2, 0) is 4.74 Å². The topological polar surface area (TPSA) is 82.3 Å². The van der Waals surface area contributed by atoms with Crippen molar-refractivity contribution < 1.29 is 9.47 Å². The Morgan fingerprint density at radius 1 is 0.963 bits per heavy atom. The fourth-order valence-corrected chi connectivity index (χ4v) is 2.55. The number of hydrogen-bond acceptors (Lipinski definition) is 6. The van der Waals surface area contributed by atoms with Gasteiger partial charge in [-0.05, 0) is 18.6 Å². The lowest BCUT2D eigenvalue weighted by atomic mass is 10.2. The molecule has 0 aliphatic carbocycles. The standard InChI is InChI=1S/C21H24N4O2/c1-2-20(27-14-13-26-17-11-7-4-8-12-17)24-19-15-18(22)23-21(25-19)16-9-5-3-6-10-16/h3-12,15,20H,2,13-14H2,1H3,(H3,22,23,24,25). The lowest BCUT2D eigenvalue weighted by molar-refractivity contribution is 0.0477. The van der Waals surface area contributed by atoms with Gasteiger partial charge in [-0.15, -0.1) is 0 Å². The van der Waals surface area contributed by atoms with Crippen molar-refractivity contribution in [3.63, 3.8) is 0 Å². The zero-order chi connectivity index (χ0) is 18.9. The number of nitrogens with one attached hydrogen (secondary N) is 1. The molecule has 0 amide bonds. The first-order valence-electron chi connectivity index (χ1n) is 9.00. The molecule has 1 aromatic heterocycles. The maximum Gasteiger partial charge on any atom is 0.163 e. The Morgan fingerprint density at radius 3 is 2.37 bits per heavy atom. The van der Waals surface area contributed by atoms with E-state index in [1.54, 1.807) is 6.07 Å². The lowest BCUT2D eigenvalue weighted by Crippen LogP contribution is -2.25. The highest BCUT2D eigenvalue weighted by Gasteiger charge is 2.10. The number of nitrogens with zero attached hydrogens (tertiary/aromatic N) is 2. The van der Waals surface area contributed by atoms with E-state index in [0.717, 1.165) is 17.7 Å². The normalized spacial score (nSPS) is 11.7. The first kappa shape index (κ1) is 18.7. The molecule has 2 aromatic carbocycles. The second-order valence-corrected chi connectivity index (χ2v) is 5.94. The van der Waals surface area contributed by atoms with Crippen LogP contribution in [0.25, 0.3) is 11.4 Å². The Morgan fingerprint density at radius 2 is 1.67 bits per heavy atom. The first-order chi connectivity index (χ1) is 13.2. The number of hydrogen-bond donors (Lipinski definition) is 2. The smallest absolute Gasteiger partial charge is 0.163 e. The number of nitrogens with two attached hydrogens (primary N) is 1. The zero-order valence-electron chi connectivity index (χ0n) is 15.3. The van der Waals surface area contributed by atoms with E-state index in [1.165, 1.54) is 0 Å². The van der Waals surface area contributed by atoms with Crippen LogP contribution in [0.5, 0.6) is 5.75 Å². The third-order valence-corrected chi connectivity index (χ3v) is 3.87. The number of para-hydroxylation sites is 1. The highest BCUT2D eigenvalue weighted by atomic mass is 16.5. The molecule has 0 saturated heterocycles. The van der Waals surface area contributed by atoms with Crippen LogP contribution in [0.4, 0.5) is 11.6 Å². The molecule has 1 heterocycles. The van der Waals surface area contributed by atoms with Gasteiger partial charge >= 0.3 is 0 Å². The minimum atomic E-state index is -0.192. The molecule has 0 bridgehead atoms. The molecule has 1 unspecified atom stereocenters. The van der Waals surface area contributed by atoms with E-state index in [1.807, 2.05) is 67.6 Å². The largest absolute Gasteiger partial charge is 0.491 e. The van der Waals surface area contributed by atoms with Gasteiger partial charge in [-0.3, -0.25) is 0 Å². The molecule has 1 atom stereocenters. The molecule has 6 nitrogen and oxygen atoms in total. The summed E-state index contributed by atoms with van der Waals surface area (Å²) in [6, 6.07) is 21.1. The average Bonchev–Trinajstić information content (AvgIpc) is 2.71. The van der Waals surface area contributed by atoms with E-state index in [-0.39, 0.29) is 6.23 Å². The highest BCUT2D eigenvalue weighted by molar-refractivity contribution is 5.60. The van der Waals surface area contributed by atoms with Crippen LogP contribution in [0.2, 0.25) is 0 Å². The van der Waals surface area contributed by atoms with Crippen molar-refractivity contribution >= 4 is 11.6 Å². The van der Waals surface area contributed by atoms with Gasteiger partial charge in [-0.1, -0.05) is 55.5 Å². The summed E-state index contributed by atoms with van der Waals surface area (Å²) in [4.78, 5) is 8.87. The number of aromatic nitrogens is 2. The molecule has 3 rings (SSSR count). The molecule has 3 aromatic rings. The Hall–Kier alpha value is -3.12. The van der Waals surface area contributed by atoms with Crippen molar-refractivity contribution in [2.75, 3.05) is 24.3 Å². The molecular formula is C21H24N4O2. The summed E-state index contributed by atoms with van der Waals surface area (Å²) in [5, 5.41) is 3.27. The molecule has 140 valence electrons. The number of rotatable bonds is 9. The molecule has 0 aliphatic heterocycles. The quantitative estimate of drug-likeness (QED) is 0.442. The minimum absolute atomic E-state index is 0.192. The van der Waals surface area contributed by atoms with Crippen LogP contribution in [0, 0.1) is 0 Å². The molecule has 3 N–H and O–H groups in total. The van der Waals surface area contributed by atoms with Crippen molar-refractivity contribution in [1.29, 1.82) is 0 Å². The summed E-state index contributed by atoms with van der Waals surface area (Å²) >= 11 is 0. The Balaban J connectivity index is 1.56. The predicted octanol–water partition coefficient (Wildman–Crippen LogP) is 3.97. The predicted molar refractivity (Wildman–Crippen MR) is 107 cm³/mol. The van der Waals surface area contributed by atoms with Gasteiger partial charge in [-0.2, -0.15) is 0 Å². The van der Waals surface area contributed by atoms with Gasteiger partial charge in [0.25, 0.3) is 0 Å². The molecule has 0 aliphatic rings. The molecule has 0 radical (unpaired) electrons. The molecule has 0 saturated carbocycles. The summed E-state index contributed by atoms with van der Waals surface area (Å²) in [5.41, 5.74) is 6.86. The van der Waals surface area contributed by atoms with Crippen molar-refractivity contribution in [3.8, 4) is 17.1 Å². The maximum absolute atomic E-state index is 5.95. The second-order valence-electron chi connectivity index (χ2n) is 5.94. The van der Waals surface area contributed by atoms with E-state index in [9.17, 15) is 0 Å². The van der Waals surface area contributed by atoms with Crippen molar-refractivity contribution in [1.82, 2.24) is 9.97 Å². The summed E-state index contributed by atoms with van der Waals surface area (Å²) in [7, 11) is 0. The fourth-order valence-electron chi connectivity index (χ4n) is 2.55. The molecule has 0 spiro atoms. The van der Waals surface area contributed by atoms with Crippen LogP contribution in [0.15, 0.2) is 66.7 Å². The van der Waals surface area contributed by atoms with Crippen LogP contribution in [0.1, 0.15) is 13.3 Å². The second kappa shape index (κ2) is 9.54. The monoisotopic (exact) mass is 364 g/mol. The lowest BCUT2D eigenvalue weighted by Gasteiger charge is -2.19. The van der Waals surface area contributed by atoms with Crippen LogP contribution in [0.3, 0.4) is 0 Å². The van der Waals surface area contributed by atoms with Gasteiger partial charge < -0.3 is 20.5 Å². The van der Waals surface area contributed by atoms with Crippen LogP contribution >= 0.6 is 0 Å². The highest BCUT2D eigenvalue weighted by Crippen LogP contribution is 2.19. The van der Waals surface area contributed by atoms with E-state index >= 15 is 0 Å². The Kier molecular flexibility index (Phi) is 6.60. The number of ether oxygens (including phenoxy) is 2. The SMILES string of the molecule is CCC(Nc1cc(N)nc(-c2ccccc2)n1)OCCOc1ccccc1.